The van der Waals surface area contributed by atoms with Crippen molar-refractivity contribution in [1.29, 1.82) is 0 Å². The summed E-state index contributed by atoms with van der Waals surface area (Å²) in [6, 6.07) is -0.359. The lowest BCUT2D eigenvalue weighted by molar-refractivity contribution is -0.143. The lowest BCUT2D eigenvalue weighted by Crippen LogP contribution is -2.45. The molecule has 98 valence electrons. The van der Waals surface area contributed by atoms with Crippen molar-refractivity contribution >= 4 is 11.9 Å². The number of aryl methyl sites for hydroxylation is 1. The van der Waals surface area contributed by atoms with Crippen molar-refractivity contribution < 1.29 is 19.2 Å². The lowest BCUT2D eigenvalue weighted by Gasteiger charge is -2.28. The van der Waals surface area contributed by atoms with E-state index in [4.69, 9.17) is 9.63 Å². The molecule has 1 aromatic rings. The Bertz CT molecular complexity index is 457. The zero-order chi connectivity index (χ0) is 13.1. The van der Waals surface area contributed by atoms with Gasteiger partial charge in [0.2, 0.25) is 5.89 Å². The number of hydrogen-bond acceptors (Lipinski definition) is 5. The molecule has 1 aromatic heterocycles. The van der Waals surface area contributed by atoms with Crippen molar-refractivity contribution in [2.24, 2.45) is 5.92 Å². The number of hydrogen-bond donors (Lipinski definition) is 2. The molecule has 0 spiro atoms. The molecule has 18 heavy (non-hydrogen) atoms. The molecule has 0 radical (unpaired) electrons. The third kappa shape index (κ3) is 2.66. The molecule has 2 N–H and O–H groups in total. The maximum absolute atomic E-state index is 11.8. The van der Waals surface area contributed by atoms with Gasteiger partial charge in [0.05, 0.1) is 5.92 Å². The fraction of sp³-hybridized carbons (Fsp3) is 0.636. The first kappa shape index (κ1) is 12.5. The lowest BCUT2D eigenvalue weighted by atomic mass is 9.84. The Labute approximate surface area is 104 Å². The summed E-state index contributed by atoms with van der Waals surface area (Å²) in [5, 5.41) is 15.3. The first-order chi connectivity index (χ1) is 8.58. The van der Waals surface area contributed by atoms with E-state index < -0.39 is 17.8 Å². The van der Waals surface area contributed by atoms with E-state index >= 15 is 0 Å². The molecule has 2 rings (SSSR count). The molecule has 1 aliphatic rings. The summed E-state index contributed by atoms with van der Waals surface area (Å²) in [6.07, 6.45) is 3.05. The molecule has 2 atom stereocenters. The van der Waals surface area contributed by atoms with Crippen LogP contribution in [0.15, 0.2) is 4.52 Å². The van der Waals surface area contributed by atoms with Gasteiger partial charge in [0, 0.05) is 13.0 Å². The number of carbonyl (C=O) groups is 2. The van der Waals surface area contributed by atoms with Crippen LogP contribution >= 0.6 is 0 Å². The number of aliphatic carboxylic acids is 1. The first-order valence-corrected chi connectivity index (χ1v) is 5.92. The standard InChI is InChI=1S/C11H15N3O4/c1-6-12-9(14-18-6)10(15)13-8-5-3-2-4-7(8)11(16)17/h7-8H,2-5H2,1H3,(H,13,15)(H,16,17). The highest BCUT2D eigenvalue weighted by atomic mass is 16.5. The summed E-state index contributed by atoms with van der Waals surface area (Å²) in [5.74, 6) is -1.63. The molecule has 7 heteroatoms. The Kier molecular flexibility index (Phi) is 3.59. The van der Waals surface area contributed by atoms with E-state index in [0.717, 1.165) is 12.8 Å². The third-order valence-corrected chi connectivity index (χ3v) is 3.13. The average Bonchev–Trinajstić information content (AvgIpc) is 2.76. The van der Waals surface area contributed by atoms with Crippen LogP contribution in [-0.4, -0.2) is 33.2 Å². The number of amides is 1. The maximum atomic E-state index is 11.8. The summed E-state index contributed by atoms with van der Waals surface area (Å²) < 4.78 is 4.71. The van der Waals surface area contributed by atoms with Crippen LogP contribution in [0.3, 0.4) is 0 Å². The molecule has 1 heterocycles. The van der Waals surface area contributed by atoms with Crippen LogP contribution in [0, 0.1) is 12.8 Å². The quantitative estimate of drug-likeness (QED) is 0.823. The van der Waals surface area contributed by atoms with Gasteiger partial charge >= 0.3 is 5.97 Å². The molecule has 1 aliphatic carbocycles. The Morgan fingerprint density at radius 3 is 2.72 bits per heavy atom. The monoisotopic (exact) mass is 253 g/mol. The maximum Gasteiger partial charge on any atom is 0.308 e. The Morgan fingerprint density at radius 2 is 2.11 bits per heavy atom. The van der Waals surface area contributed by atoms with Crippen LogP contribution in [-0.2, 0) is 4.79 Å². The minimum absolute atomic E-state index is 0.0535. The molecule has 1 saturated carbocycles. The molecule has 2 unspecified atom stereocenters. The smallest absolute Gasteiger partial charge is 0.308 e. The Balaban J connectivity index is 2.03. The number of carboxylic acids is 1. The van der Waals surface area contributed by atoms with Gasteiger partial charge in [-0.25, -0.2) is 0 Å². The zero-order valence-electron chi connectivity index (χ0n) is 10.0. The molecule has 1 fully saturated rings. The predicted octanol–water partition coefficient (Wildman–Crippen LogP) is 0.751. The van der Waals surface area contributed by atoms with Gasteiger partial charge in [-0.1, -0.05) is 18.0 Å². The van der Waals surface area contributed by atoms with Gasteiger partial charge in [0.1, 0.15) is 0 Å². The number of carbonyl (C=O) groups excluding carboxylic acids is 1. The fourth-order valence-electron chi connectivity index (χ4n) is 2.22. The van der Waals surface area contributed by atoms with Crippen molar-refractivity contribution in [3.63, 3.8) is 0 Å². The summed E-state index contributed by atoms with van der Waals surface area (Å²) >= 11 is 0. The second kappa shape index (κ2) is 5.16. The number of aromatic nitrogens is 2. The highest BCUT2D eigenvalue weighted by Crippen LogP contribution is 2.24. The van der Waals surface area contributed by atoms with Gasteiger partial charge in [0.25, 0.3) is 11.7 Å². The van der Waals surface area contributed by atoms with Crippen molar-refractivity contribution in [3.8, 4) is 0 Å². The van der Waals surface area contributed by atoms with Crippen LogP contribution in [0.25, 0.3) is 0 Å². The van der Waals surface area contributed by atoms with Crippen LogP contribution in [0.2, 0.25) is 0 Å². The van der Waals surface area contributed by atoms with E-state index in [1.54, 1.807) is 6.92 Å². The number of nitrogens with one attached hydrogen (secondary N) is 1. The Morgan fingerprint density at radius 1 is 1.39 bits per heavy atom. The number of nitrogens with zero attached hydrogens (tertiary/aromatic N) is 2. The summed E-state index contributed by atoms with van der Waals surface area (Å²) in [4.78, 5) is 26.7. The normalized spacial score (nSPS) is 23.6. The average molecular weight is 253 g/mol. The fourth-order valence-corrected chi connectivity index (χ4v) is 2.22. The molecule has 7 nitrogen and oxygen atoms in total. The van der Waals surface area contributed by atoms with Gasteiger partial charge in [-0.05, 0) is 12.8 Å². The number of rotatable bonds is 3. The summed E-state index contributed by atoms with van der Waals surface area (Å²) in [5.41, 5.74) is 0. The van der Waals surface area contributed by atoms with Crippen LogP contribution < -0.4 is 5.32 Å². The van der Waals surface area contributed by atoms with Crippen molar-refractivity contribution in [2.45, 2.75) is 38.6 Å². The predicted molar refractivity (Wildman–Crippen MR) is 59.9 cm³/mol. The molecule has 1 amide bonds. The van der Waals surface area contributed by atoms with E-state index in [9.17, 15) is 9.59 Å². The van der Waals surface area contributed by atoms with Gasteiger partial charge in [-0.2, -0.15) is 4.98 Å². The minimum atomic E-state index is -0.871. The van der Waals surface area contributed by atoms with E-state index in [0.29, 0.717) is 18.7 Å². The second-order valence-corrected chi connectivity index (χ2v) is 4.45. The summed E-state index contributed by atoms with van der Waals surface area (Å²) in [6.45, 7) is 1.59. The first-order valence-electron chi connectivity index (χ1n) is 5.92. The van der Waals surface area contributed by atoms with Gasteiger partial charge in [0.15, 0.2) is 0 Å². The van der Waals surface area contributed by atoms with E-state index in [2.05, 4.69) is 15.5 Å². The van der Waals surface area contributed by atoms with Gasteiger partial charge in [-0.15, -0.1) is 0 Å². The molecule has 0 aromatic carbocycles. The third-order valence-electron chi connectivity index (χ3n) is 3.13. The Hall–Kier alpha value is -1.92. The van der Waals surface area contributed by atoms with Crippen molar-refractivity contribution in [1.82, 2.24) is 15.5 Å². The van der Waals surface area contributed by atoms with Crippen LogP contribution in [0.1, 0.15) is 42.2 Å². The topological polar surface area (TPSA) is 105 Å². The van der Waals surface area contributed by atoms with Crippen molar-refractivity contribution in [3.05, 3.63) is 11.7 Å². The largest absolute Gasteiger partial charge is 0.481 e. The van der Waals surface area contributed by atoms with E-state index in [1.807, 2.05) is 0 Å². The molecular formula is C11H15N3O4. The van der Waals surface area contributed by atoms with E-state index in [-0.39, 0.29) is 11.9 Å². The van der Waals surface area contributed by atoms with Crippen molar-refractivity contribution in [2.75, 3.05) is 0 Å². The number of carboxylic acid groups (broad SMARTS) is 1. The van der Waals surface area contributed by atoms with Gasteiger partial charge < -0.3 is 14.9 Å². The molecule has 0 bridgehead atoms. The minimum Gasteiger partial charge on any atom is -0.481 e. The highest BCUT2D eigenvalue weighted by molar-refractivity contribution is 5.90. The molecule has 0 saturated heterocycles. The summed E-state index contributed by atoms with van der Waals surface area (Å²) in [7, 11) is 0. The van der Waals surface area contributed by atoms with E-state index in [1.165, 1.54) is 0 Å². The second-order valence-electron chi connectivity index (χ2n) is 4.45. The van der Waals surface area contributed by atoms with Crippen LogP contribution in [0.5, 0.6) is 0 Å². The van der Waals surface area contributed by atoms with Crippen LogP contribution in [0.4, 0.5) is 0 Å². The zero-order valence-corrected chi connectivity index (χ0v) is 10.0. The van der Waals surface area contributed by atoms with Gasteiger partial charge in [-0.3, -0.25) is 9.59 Å². The molecular weight excluding hydrogens is 238 g/mol. The molecule has 0 aliphatic heterocycles. The highest BCUT2D eigenvalue weighted by Gasteiger charge is 2.32. The SMILES string of the molecule is Cc1nc(C(=O)NC2CCCCC2C(=O)O)no1.